The molecule has 3 aliphatic rings. The normalized spacial score (nSPS) is 19.2. The lowest BCUT2D eigenvalue weighted by Crippen LogP contribution is -2.54. The number of benzene rings is 2. The number of aromatic amines is 1. The van der Waals surface area contributed by atoms with Crippen LogP contribution >= 0.6 is 0 Å². The van der Waals surface area contributed by atoms with Crippen LogP contribution < -0.4 is 19.5 Å². The van der Waals surface area contributed by atoms with E-state index in [9.17, 15) is 19.2 Å². The highest BCUT2D eigenvalue weighted by Gasteiger charge is 2.44. The number of imide groups is 2. The van der Waals surface area contributed by atoms with Crippen molar-refractivity contribution >= 4 is 45.4 Å². The van der Waals surface area contributed by atoms with Crippen LogP contribution in [0.15, 0.2) is 91.5 Å². The third kappa shape index (κ3) is 7.03. The van der Waals surface area contributed by atoms with Gasteiger partial charge >= 0.3 is 0 Å². The molecule has 6 heterocycles. The molecule has 282 valence electrons. The second-order valence-electron chi connectivity index (χ2n) is 14.4. The van der Waals surface area contributed by atoms with Crippen molar-refractivity contribution in [1.82, 2.24) is 30.2 Å². The molecule has 9 rings (SSSR count). The van der Waals surface area contributed by atoms with Crippen LogP contribution in [0.2, 0.25) is 0 Å². The Labute approximate surface area is 321 Å². The zero-order chi connectivity index (χ0) is 38.2. The lowest BCUT2D eigenvalue weighted by atomic mass is 9.92. The minimum atomic E-state index is -0.994. The number of amides is 4. The molecule has 13 nitrogen and oxygen atoms in total. The Hall–Kier alpha value is -6.63. The van der Waals surface area contributed by atoms with Crippen molar-refractivity contribution in [2.45, 2.75) is 69.6 Å². The number of carbonyl (C=O) groups excluding carboxylic acids is 4. The smallest absolute Gasteiger partial charge is 0.262 e. The Morgan fingerprint density at radius 1 is 0.714 bits per heavy atom. The van der Waals surface area contributed by atoms with Crippen LogP contribution in [0.3, 0.4) is 0 Å². The molecule has 1 saturated heterocycles. The largest absolute Gasteiger partial charge is 0.494 e. The van der Waals surface area contributed by atoms with Crippen LogP contribution in [0, 0.1) is 0 Å². The standard InChI is InChI=1S/C43H38N6O7/c50-39-13-12-38(41(51)48-39)49-42(52)33-11-9-28(21-34(33)43(49)53)54-17-3-1-2-4-27-7-8-29(23-45-27)55-30-19-31(20-30)56-40-14-6-26(22-46-40)25-5-10-32-35-24-44-16-15-36(35)47-37(32)18-25/h5-11,14-16,18,21-24,30-31,38,47H,1-4,12-13,17,19-20H2,(H,48,50,51). The molecule has 4 aromatic heterocycles. The molecule has 0 bridgehead atoms. The van der Waals surface area contributed by atoms with Crippen LogP contribution in [-0.2, 0) is 16.0 Å². The summed E-state index contributed by atoms with van der Waals surface area (Å²) in [7, 11) is 0. The number of pyridine rings is 3. The number of aromatic nitrogens is 4. The van der Waals surface area contributed by atoms with Gasteiger partial charge in [0.15, 0.2) is 0 Å². The minimum Gasteiger partial charge on any atom is -0.494 e. The number of carbonyl (C=O) groups is 4. The number of ether oxygens (including phenoxy) is 3. The number of rotatable bonds is 13. The van der Waals surface area contributed by atoms with E-state index in [1.54, 1.807) is 30.6 Å². The zero-order valence-corrected chi connectivity index (χ0v) is 30.4. The third-order valence-corrected chi connectivity index (χ3v) is 10.7. The first kappa shape index (κ1) is 35.1. The molecule has 0 radical (unpaired) electrons. The zero-order valence-electron chi connectivity index (χ0n) is 30.4. The molecular weight excluding hydrogens is 713 g/mol. The highest BCUT2D eigenvalue weighted by Crippen LogP contribution is 2.33. The lowest BCUT2D eigenvalue weighted by molar-refractivity contribution is -0.136. The van der Waals surface area contributed by atoms with Crippen LogP contribution in [0.1, 0.15) is 71.4 Å². The lowest BCUT2D eigenvalue weighted by Gasteiger charge is -2.34. The molecule has 1 atom stereocenters. The summed E-state index contributed by atoms with van der Waals surface area (Å²) in [5.41, 5.74) is 5.65. The number of nitrogens with one attached hydrogen (secondary N) is 2. The van der Waals surface area contributed by atoms with Gasteiger partial charge in [-0.25, -0.2) is 4.98 Å². The quantitative estimate of drug-likeness (QED) is 0.100. The predicted octanol–water partition coefficient (Wildman–Crippen LogP) is 6.35. The highest BCUT2D eigenvalue weighted by atomic mass is 16.5. The number of H-pyrrole nitrogens is 1. The monoisotopic (exact) mass is 750 g/mol. The van der Waals surface area contributed by atoms with Crippen molar-refractivity contribution in [2.75, 3.05) is 6.61 Å². The van der Waals surface area contributed by atoms with Gasteiger partial charge in [0.1, 0.15) is 29.7 Å². The fourth-order valence-corrected chi connectivity index (χ4v) is 7.56. The summed E-state index contributed by atoms with van der Waals surface area (Å²) in [5, 5.41) is 4.47. The summed E-state index contributed by atoms with van der Waals surface area (Å²) >= 11 is 0. The third-order valence-electron chi connectivity index (χ3n) is 10.7. The van der Waals surface area contributed by atoms with Crippen molar-refractivity contribution in [3.8, 4) is 28.5 Å². The minimum absolute atomic E-state index is 0.0515. The van der Waals surface area contributed by atoms with Gasteiger partial charge in [0.25, 0.3) is 11.8 Å². The average molecular weight is 751 g/mol. The summed E-state index contributed by atoms with van der Waals surface area (Å²) in [6.07, 6.45) is 12.7. The summed E-state index contributed by atoms with van der Waals surface area (Å²) in [5.74, 6) is -0.297. The van der Waals surface area contributed by atoms with Crippen LogP contribution in [0.4, 0.5) is 0 Å². The van der Waals surface area contributed by atoms with Gasteiger partial charge in [-0.2, -0.15) is 0 Å². The Kier molecular flexibility index (Phi) is 9.33. The van der Waals surface area contributed by atoms with E-state index in [2.05, 4.69) is 43.5 Å². The molecule has 2 N–H and O–H groups in total. The van der Waals surface area contributed by atoms with E-state index < -0.39 is 29.7 Å². The molecule has 1 unspecified atom stereocenters. The fraction of sp³-hybridized carbons (Fsp3) is 0.279. The fourth-order valence-electron chi connectivity index (χ4n) is 7.56. The first-order chi connectivity index (χ1) is 27.4. The Morgan fingerprint density at radius 3 is 2.38 bits per heavy atom. The van der Waals surface area contributed by atoms with Gasteiger partial charge in [0, 0.05) is 77.0 Å². The van der Waals surface area contributed by atoms with Gasteiger partial charge in [-0.15, -0.1) is 0 Å². The molecule has 13 heteroatoms. The molecule has 56 heavy (non-hydrogen) atoms. The first-order valence-electron chi connectivity index (χ1n) is 18.9. The number of aryl methyl sites for hydroxylation is 1. The van der Waals surface area contributed by atoms with Gasteiger partial charge in [0.05, 0.1) is 23.9 Å². The SMILES string of the molecule is O=C1CCC(N2C(=O)c3ccc(OCCCCCc4ccc(OC5CC(Oc6ccc(-c7ccc8c(c7)[nH]c7ccncc78)cn6)C5)cn4)cc3C2=O)C(=O)N1. The van der Waals surface area contributed by atoms with E-state index in [1.165, 1.54) is 0 Å². The second-order valence-corrected chi connectivity index (χ2v) is 14.4. The number of unbranched alkanes of at least 4 members (excludes halogenated alkanes) is 2. The van der Waals surface area contributed by atoms with Gasteiger partial charge < -0.3 is 19.2 Å². The maximum absolute atomic E-state index is 13.0. The predicted molar refractivity (Wildman–Crippen MR) is 205 cm³/mol. The Morgan fingerprint density at radius 2 is 1.55 bits per heavy atom. The number of piperidine rings is 1. The molecule has 1 aliphatic carbocycles. The van der Waals surface area contributed by atoms with Crippen LogP contribution in [0.5, 0.6) is 17.4 Å². The number of hydrogen-bond donors (Lipinski definition) is 2. The molecule has 6 aromatic rings. The highest BCUT2D eigenvalue weighted by molar-refractivity contribution is 6.23. The van der Waals surface area contributed by atoms with Crippen LogP contribution in [0.25, 0.3) is 32.9 Å². The van der Waals surface area contributed by atoms with Crippen molar-refractivity contribution < 1.29 is 33.4 Å². The topological polar surface area (TPSA) is 166 Å². The summed E-state index contributed by atoms with van der Waals surface area (Å²) in [6, 6.07) is 20.0. The van der Waals surface area contributed by atoms with E-state index >= 15 is 0 Å². The maximum Gasteiger partial charge on any atom is 0.262 e. The molecule has 2 fully saturated rings. The van der Waals surface area contributed by atoms with E-state index in [0.29, 0.717) is 18.2 Å². The van der Waals surface area contributed by atoms with Crippen molar-refractivity contribution in [1.29, 1.82) is 0 Å². The van der Waals surface area contributed by atoms with E-state index in [1.807, 2.05) is 42.7 Å². The summed E-state index contributed by atoms with van der Waals surface area (Å²) < 4.78 is 18.1. The van der Waals surface area contributed by atoms with Crippen molar-refractivity contribution in [2.24, 2.45) is 0 Å². The van der Waals surface area contributed by atoms with Gasteiger partial charge in [-0.05, 0) is 86.2 Å². The Bertz CT molecular complexity index is 2480. The summed E-state index contributed by atoms with van der Waals surface area (Å²) in [4.78, 5) is 67.6. The number of hydrogen-bond acceptors (Lipinski definition) is 10. The van der Waals surface area contributed by atoms with Gasteiger partial charge in [-0.1, -0.05) is 12.1 Å². The van der Waals surface area contributed by atoms with Crippen molar-refractivity contribution in [3.05, 3.63) is 108 Å². The van der Waals surface area contributed by atoms with Gasteiger partial charge in [0.2, 0.25) is 17.7 Å². The maximum atomic E-state index is 13.0. The van der Waals surface area contributed by atoms with Crippen molar-refractivity contribution in [3.63, 3.8) is 0 Å². The second kappa shape index (κ2) is 14.9. The summed E-state index contributed by atoms with van der Waals surface area (Å²) in [6.45, 7) is 0.451. The first-order valence-corrected chi connectivity index (χ1v) is 18.9. The Balaban J connectivity index is 0.674. The van der Waals surface area contributed by atoms with Gasteiger partial charge in [-0.3, -0.25) is 39.4 Å². The average Bonchev–Trinajstić information content (AvgIpc) is 3.69. The van der Waals surface area contributed by atoms with E-state index in [0.717, 1.165) is 87.8 Å². The van der Waals surface area contributed by atoms with E-state index in [4.69, 9.17) is 14.2 Å². The number of nitrogens with zero attached hydrogens (tertiary/aromatic N) is 4. The number of fused-ring (bicyclic) bond motifs is 4. The molecule has 2 aliphatic heterocycles. The molecule has 1 saturated carbocycles. The molecule has 0 spiro atoms. The van der Waals surface area contributed by atoms with E-state index in [-0.39, 0.29) is 36.2 Å². The molecular formula is C43H38N6O7. The van der Waals surface area contributed by atoms with Crippen LogP contribution in [-0.4, -0.2) is 73.3 Å². The molecule has 2 aromatic carbocycles. The molecule has 4 amide bonds.